The van der Waals surface area contributed by atoms with Crippen molar-refractivity contribution in [3.63, 3.8) is 0 Å². The largest absolute Gasteiger partial charge is 0.444 e. The zero-order valence-electron chi connectivity index (χ0n) is 16.7. The molecular formula is C20H42N2O2. The first kappa shape index (κ1) is 23.2. The van der Waals surface area contributed by atoms with E-state index >= 15 is 0 Å². The van der Waals surface area contributed by atoms with Gasteiger partial charge in [-0.3, -0.25) is 0 Å². The lowest BCUT2D eigenvalue weighted by atomic mass is 10.1. The molecule has 0 bridgehead atoms. The summed E-state index contributed by atoms with van der Waals surface area (Å²) in [5, 5.41) is 6.12. The molecule has 0 saturated heterocycles. The van der Waals surface area contributed by atoms with E-state index in [1.54, 1.807) is 0 Å². The van der Waals surface area contributed by atoms with E-state index in [0.717, 1.165) is 13.1 Å². The predicted octanol–water partition coefficient (Wildman–Crippen LogP) is 5.41. The molecule has 144 valence electrons. The molecule has 0 radical (unpaired) electrons. The van der Waals surface area contributed by atoms with Gasteiger partial charge in [0.1, 0.15) is 5.60 Å². The van der Waals surface area contributed by atoms with Crippen LogP contribution >= 0.6 is 0 Å². The lowest BCUT2D eigenvalue weighted by molar-refractivity contribution is 0.0528. The second-order valence-corrected chi connectivity index (χ2v) is 7.71. The third-order valence-electron chi connectivity index (χ3n) is 3.93. The van der Waals surface area contributed by atoms with Crippen molar-refractivity contribution in [1.82, 2.24) is 10.6 Å². The SMILES string of the molecule is CCCCCCCCCCCCCNCCNC(=O)OC(C)(C)C. The Morgan fingerprint density at radius 2 is 1.25 bits per heavy atom. The summed E-state index contributed by atoms with van der Waals surface area (Å²) in [7, 11) is 0. The summed E-state index contributed by atoms with van der Waals surface area (Å²) in [6, 6.07) is 0. The molecule has 0 aromatic heterocycles. The van der Waals surface area contributed by atoms with Crippen molar-refractivity contribution in [2.24, 2.45) is 0 Å². The van der Waals surface area contributed by atoms with Gasteiger partial charge in [0.15, 0.2) is 0 Å². The molecular weight excluding hydrogens is 300 g/mol. The minimum Gasteiger partial charge on any atom is -0.444 e. The van der Waals surface area contributed by atoms with Gasteiger partial charge >= 0.3 is 6.09 Å². The van der Waals surface area contributed by atoms with E-state index in [4.69, 9.17) is 4.74 Å². The standard InChI is InChI=1S/C20H42N2O2/c1-5-6-7-8-9-10-11-12-13-14-15-16-21-17-18-22-19(23)24-20(2,3)4/h21H,5-18H2,1-4H3,(H,22,23). The van der Waals surface area contributed by atoms with Crippen molar-refractivity contribution in [3.8, 4) is 0 Å². The van der Waals surface area contributed by atoms with Gasteiger partial charge in [-0.05, 0) is 33.7 Å². The van der Waals surface area contributed by atoms with Crippen molar-refractivity contribution in [2.45, 2.75) is 104 Å². The number of carbonyl (C=O) groups is 1. The predicted molar refractivity (Wildman–Crippen MR) is 104 cm³/mol. The third kappa shape index (κ3) is 19.3. The van der Waals surface area contributed by atoms with E-state index in [-0.39, 0.29) is 6.09 Å². The van der Waals surface area contributed by atoms with Crippen LogP contribution in [0.2, 0.25) is 0 Å². The molecule has 1 amide bonds. The molecule has 0 unspecified atom stereocenters. The van der Waals surface area contributed by atoms with Crippen LogP contribution in [0.5, 0.6) is 0 Å². The van der Waals surface area contributed by atoms with Gasteiger partial charge in [-0.1, -0.05) is 71.1 Å². The van der Waals surface area contributed by atoms with Crippen molar-refractivity contribution >= 4 is 6.09 Å². The smallest absolute Gasteiger partial charge is 0.407 e. The second-order valence-electron chi connectivity index (χ2n) is 7.71. The Labute approximate surface area is 150 Å². The molecule has 0 fully saturated rings. The quantitative estimate of drug-likeness (QED) is 0.391. The molecule has 0 rings (SSSR count). The highest BCUT2D eigenvalue weighted by Gasteiger charge is 2.15. The van der Waals surface area contributed by atoms with Crippen LogP contribution in [0.3, 0.4) is 0 Å². The highest BCUT2D eigenvalue weighted by atomic mass is 16.6. The maximum atomic E-state index is 11.4. The Hall–Kier alpha value is -0.770. The summed E-state index contributed by atoms with van der Waals surface area (Å²) in [6.45, 7) is 10.3. The van der Waals surface area contributed by atoms with Crippen LogP contribution in [0.1, 0.15) is 98.3 Å². The Morgan fingerprint density at radius 3 is 1.75 bits per heavy atom. The molecule has 0 heterocycles. The van der Waals surface area contributed by atoms with E-state index in [2.05, 4.69) is 17.6 Å². The molecule has 0 saturated carbocycles. The normalized spacial score (nSPS) is 11.5. The number of carbonyl (C=O) groups excluding carboxylic acids is 1. The van der Waals surface area contributed by atoms with Gasteiger partial charge in [-0.25, -0.2) is 4.79 Å². The Kier molecular flexibility index (Phi) is 15.2. The zero-order chi connectivity index (χ0) is 18.1. The highest BCUT2D eigenvalue weighted by Crippen LogP contribution is 2.11. The van der Waals surface area contributed by atoms with Crippen LogP contribution in [0, 0.1) is 0 Å². The molecule has 0 spiro atoms. The molecule has 0 aliphatic heterocycles. The summed E-state index contributed by atoms with van der Waals surface area (Å²) < 4.78 is 5.18. The average Bonchev–Trinajstić information content (AvgIpc) is 2.49. The molecule has 0 aromatic carbocycles. The summed E-state index contributed by atoms with van der Waals surface area (Å²) >= 11 is 0. The van der Waals surface area contributed by atoms with Crippen LogP contribution in [-0.4, -0.2) is 31.3 Å². The van der Waals surface area contributed by atoms with Gasteiger partial charge in [-0.15, -0.1) is 0 Å². The van der Waals surface area contributed by atoms with E-state index in [1.165, 1.54) is 70.6 Å². The zero-order valence-corrected chi connectivity index (χ0v) is 16.7. The van der Waals surface area contributed by atoms with Gasteiger partial charge < -0.3 is 15.4 Å². The average molecular weight is 343 g/mol. The van der Waals surface area contributed by atoms with Gasteiger partial charge in [0, 0.05) is 13.1 Å². The number of nitrogens with one attached hydrogen (secondary N) is 2. The van der Waals surface area contributed by atoms with Gasteiger partial charge in [0.25, 0.3) is 0 Å². The van der Waals surface area contributed by atoms with E-state index in [9.17, 15) is 4.79 Å². The number of hydrogen-bond acceptors (Lipinski definition) is 3. The summed E-state index contributed by atoms with van der Waals surface area (Å²) in [5.41, 5.74) is -0.424. The van der Waals surface area contributed by atoms with Crippen LogP contribution < -0.4 is 10.6 Å². The Morgan fingerprint density at radius 1 is 0.750 bits per heavy atom. The maximum absolute atomic E-state index is 11.4. The fourth-order valence-electron chi connectivity index (χ4n) is 2.61. The van der Waals surface area contributed by atoms with Gasteiger partial charge in [0.05, 0.1) is 0 Å². The van der Waals surface area contributed by atoms with Crippen LogP contribution in [0.15, 0.2) is 0 Å². The minimum absolute atomic E-state index is 0.334. The fraction of sp³-hybridized carbons (Fsp3) is 0.950. The first-order valence-corrected chi connectivity index (χ1v) is 10.1. The van der Waals surface area contributed by atoms with Crippen molar-refractivity contribution < 1.29 is 9.53 Å². The second kappa shape index (κ2) is 15.7. The number of amides is 1. The molecule has 0 aliphatic carbocycles. The molecule has 0 aliphatic rings. The highest BCUT2D eigenvalue weighted by molar-refractivity contribution is 5.67. The summed E-state index contributed by atoms with van der Waals surface area (Å²) in [5.74, 6) is 0. The maximum Gasteiger partial charge on any atom is 0.407 e. The summed E-state index contributed by atoms with van der Waals surface area (Å²) in [6.07, 6.45) is 14.8. The first-order valence-electron chi connectivity index (χ1n) is 10.1. The van der Waals surface area contributed by atoms with Crippen molar-refractivity contribution in [3.05, 3.63) is 0 Å². The van der Waals surface area contributed by atoms with E-state index in [1.807, 2.05) is 20.8 Å². The number of alkyl carbamates (subject to hydrolysis) is 1. The Bertz CT molecular complexity index is 288. The van der Waals surface area contributed by atoms with Crippen molar-refractivity contribution in [1.29, 1.82) is 0 Å². The van der Waals surface area contributed by atoms with Crippen LogP contribution in [0.4, 0.5) is 4.79 Å². The molecule has 0 aromatic rings. The molecule has 4 heteroatoms. The van der Waals surface area contributed by atoms with Gasteiger partial charge in [-0.2, -0.15) is 0 Å². The third-order valence-corrected chi connectivity index (χ3v) is 3.93. The monoisotopic (exact) mass is 342 g/mol. The topological polar surface area (TPSA) is 50.4 Å². The number of hydrogen-bond donors (Lipinski definition) is 2. The molecule has 0 atom stereocenters. The minimum atomic E-state index is -0.424. The van der Waals surface area contributed by atoms with E-state index in [0.29, 0.717) is 6.54 Å². The fourth-order valence-corrected chi connectivity index (χ4v) is 2.61. The van der Waals surface area contributed by atoms with Crippen LogP contribution in [0.25, 0.3) is 0 Å². The lowest BCUT2D eigenvalue weighted by Gasteiger charge is -2.19. The first-order chi connectivity index (χ1) is 11.5. The number of ether oxygens (including phenoxy) is 1. The lowest BCUT2D eigenvalue weighted by Crippen LogP contribution is -2.36. The number of unbranched alkanes of at least 4 members (excludes halogenated alkanes) is 10. The molecule has 2 N–H and O–H groups in total. The molecule has 4 nitrogen and oxygen atoms in total. The van der Waals surface area contributed by atoms with Gasteiger partial charge in [0.2, 0.25) is 0 Å². The number of rotatable bonds is 15. The summed E-state index contributed by atoms with van der Waals surface area (Å²) in [4.78, 5) is 11.4. The Balaban J connectivity index is 3.14. The molecule has 24 heavy (non-hydrogen) atoms. The van der Waals surface area contributed by atoms with E-state index < -0.39 is 5.60 Å². The van der Waals surface area contributed by atoms with Crippen molar-refractivity contribution in [2.75, 3.05) is 19.6 Å². The van der Waals surface area contributed by atoms with Crippen LogP contribution in [-0.2, 0) is 4.74 Å².